The number of anilines is 1. The molecule has 1 N–H and O–H groups in total. The second-order valence-electron chi connectivity index (χ2n) is 5.05. The van der Waals surface area contributed by atoms with Crippen LogP contribution in [0.5, 0.6) is 0 Å². The van der Waals surface area contributed by atoms with E-state index in [4.69, 9.17) is 0 Å². The van der Waals surface area contributed by atoms with Gasteiger partial charge in [0.1, 0.15) is 12.0 Å². The molecule has 0 saturated heterocycles. The molecule has 2 aromatic rings. The largest absolute Gasteiger partial charge is 0.353 e. The van der Waals surface area contributed by atoms with Crippen molar-refractivity contribution in [2.45, 2.75) is 24.4 Å². The van der Waals surface area contributed by atoms with E-state index in [1.807, 2.05) is 0 Å². The minimum Gasteiger partial charge on any atom is -0.353 e. The molecule has 1 saturated carbocycles. The number of rotatable bonds is 4. The topological polar surface area (TPSA) is 50.7 Å². The Balaban J connectivity index is 1.81. The van der Waals surface area contributed by atoms with Gasteiger partial charge in [-0.15, -0.1) is 0 Å². The fraction of sp³-hybridized carbons (Fsp3) is 0.357. The van der Waals surface area contributed by atoms with Gasteiger partial charge in [0.05, 0.1) is 5.69 Å². The summed E-state index contributed by atoms with van der Waals surface area (Å²) in [4.78, 5) is 12.2. The molecule has 2 aromatic heterocycles. The summed E-state index contributed by atoms with van der Waals surface area (Å²) in [7, 11) is 0. The van der Waals surface area contributed by atoms with Crippen molar-refractivity contribution in [3.63, 3.8) is 0 Å². The van der Waals surface area contributed by atoms with E-state index < -0.39 is 17.4 Å². The van der Waals surface area contributed by atoms with Crippen LogP contribution in [-0.2, 0) is 5.41 Å². The average molecular weight is 276 g/mol. The van der Waals surface area contributed by atoms with E-state index in [9.17, 15) is 8.78 Å². The molecule has 0 bridgehead atoms. The van der Waals surface area contributed by atoms with Crippen molar-refractivity contribution in [3.8, 4) is 0 Å². The first-order valence-corrected chi connectivity index (χ1v) is 6.46. The lowest BCUT2D eigenvalue weighted by Crippen LogP contribution is -2.49. The molecule has 2 heterocycles. The van der Waals surface area contributed by atoms with Crippen LogP contribution < -0.4 is 5.32 Å². The summed E-state index contributed by atoms with van der Waals surface area (Å²) < 4.78 is 27.3. The van der Waals surface area contributed by atoms with Gasteiger partial charge in [-0.1, -0.05) is 0 Å². The van der Waals surface area contributed by atoms with Gasteiger partial charge in [-0.2, -0.15) is 0 Å². The second-order valence-corrected chi connectivity index (χ2v) is 5.05. The summed E-state index contributed by atoms with van der Waals surface area (Å²) >= 11 is 0. The summed E-state index contributed by atoms with van der Waals surface area (Å²) in [5, 5.41) is 3.04. The molecule has 0 spiro atoms. The zero-order valence-corrected chi connectivity index (χ0v) is 10.8. The molecular weight excluding hydrogens is 262 g/mol. The number of alkyl halides is 1. The summed E-state index contributed by atoms with van der Waals surface area (Å²) in [6, 6.07) is 4.60. The predicted molar refractivity (Wildman–Crippen MR) is 70.5 cm³/mol. The van der Waals surface area contributed by atoms with E-state index in [0.717, 1.165) is 0 Å². The minimum atomic E-state index is -0.908. The Bertz CT molecular complexity index is 585. The maximum absolute atomic E-state index is 13.9. The standard InChI is InChI=1S/C14H14F2N4/c15-10-7-14(8-10,12-11(16)3-1-4-17-12)9-20-13-18-5-2-6-19-13/h1-6,10H,7-9H2,(H,18,19,20)/t10-,14-. The third-order valence-electron chi connectivity index (χ3n) is 3.64. The van der Waals surface area contributed by atoms with Crippen LogP contribution in [0, 0.1) is 5.82 Å². The first kappa shape index (κ1) is 12.9. The Labute approximate surface area is 115 Å². The number of aromatic nitrogens is 3. The smallest absolute Gasteiger partial charge is 0.222 e. The van der Waals surface area contributed by atoms with Crippen LogP contribution in [0.25, 0.3) is 0 Å². The molecule has 20 heavy (non-hydrogen) atoms. The van der Waals surface area contributed by atoms with Crippen LogP contribution in [0.15, 0.2) is 36.8 Å². The molecular formula is C14H14F2N4. The minimum absolute atomic E-state index is 0.265. The van der Waals surface area contributed by atoms with Gasteiger partial charge in [0.2, 0.25) is 5.95 Å². The SMILES string of the molecule is Fc1cccnc1[C@]1(CNc2ncccn2)C[C@@H](F)C1. The quantitative estimate of drug-likeness (QED) is 0.932. The number of pyridine rings is 1. The van der Waals surface area contributed by atoms with E-state index in [2.05, 4.69) is 20.3 Å². The molecule has 1 aliphatic rings. The molecule has 1 fully saturated rings. The zero-order chi connectivity index (χ0) is 14.0. The third-order valence-corrected chi connectivity index (χ3v) is 3.64. The fourth-order valence-electron chi connectivity index (χ4n) is 2.62. The average Bonchev–Trinajstić information content (AvgIpc) is 2.44. The molecule has 0 aliphatic heterocycles. The maximum Gasteiger partial charge on any atom is 0.222 e. The molecule has 6 heteroatoms. The first-order valence-electron chi connectivity index (χ1n) is 6.46. The van der Waals surface area contributed by atoms with Gasteiger partial charge in [-0.05, 0) is 31.0 Å². The number of halogens is 2. The fourth-order valence-corrected chi connectivity index (χ4v) is 2.62. The van der Waals surface area contributed by atoms with Crippen molar-refractivity contribution in [1.82, 2.24) is 15.0 Å². The molecule has 0 radical (unpaired) electrons. The van der Waals surface area contributed by atoms with Crippen LogP contribution in [0.1, 0.15) is 18.5 Å². The van der Waals surface area contributed by atoms with Crippen molar-refractivity contribution >= 4 is 5.95 Å². The van der Waals surface area contributed by atoms with E-state index in [-0.39, 0.29) is 12.8 Å². The maximum atomic E-state index is 13.9. The number of nitrogens with zero attached hydrogens (tertiary/aromatic N) is 3. The lowest BCUT2D eigenvalue weighted by atomic mass is 9.65. The second kappa shape index (κ2) is 5.11. The summed E-state index contributed by atoms with van der Waals surface area (Å²) in [6.45, 7) is 0.366. The lowest BCUT2D eigenvalue weighted by Gasteiger charge is -2.43. The normalized spacial score (nSPS) is 25.0. The van der Waals surface area contributed by atoms with Gasteiger partial charge in [-0.3, -0.25) is 4.98 Å². The monoisotopic (exact) mass is 276 g/mol. The predicted octanol–water partition coefficient (Wildman–Crippen LogP) is 2.49. The van der Waals surface area contributed by atoms with Gasteiger partial charge >= 0.3 is 0 Å². The Morgan fingerprint density at radius 1 is 1.15 bits per heavy atom. The number of hydrogen-bond donors (Lipinski definition) is 1. The molecule has 0 unspecified atom stereocenters. The van der Waals surface area contributed by atoms with Gasteiger partial charge < -0.3 is 5.32 Å². The highest BCUT2D eigenvalue weighted by molar-refractivity contribution is 5.31. The van der Waals surface area contributed by atoms with Gasteiger partial charge in [0.15, 0.2) is 0 Å². The van der Waals surface area contributed by atoms with Gasteiger partial charge in [-0.25, -0.2) is 18.7 Å². The molecule has 0 aromatic carbocycles. The number of nitrogens with one attached hydrogen (secondary N) is 1. The van der Waals surface area contributed by atoms with Crippen LogP contribution in [0.2, 0.25) is 0 Å². The summed E-state index contributed by atoms with van der Waals surface area (Å²) in [5.74, 6) is 0.0562. The highest BCUT2D eigenvalue weighted by Crippen LogP contribution is 2.45. The summed E-state index contributed by atoms with van der Waals surface area (Å²) in [5.41, 5.74) is -0.304. The van der Waals surface area contributed by atoms with Crippen LogP contribution in [0.4, 0.5) is 14.7 Å². The van der Waals surface area contributed by atoms with E-state index >= 15 is 0 Å². The Morgan fingerprint density at radius 3 is 2.50 bits per heavy atom. The Morgan fingerprint density at radius 2 is 1.85 bits per heavy atom. The van der Waals surface area contributed by atoms with Crippen molar-refractivity contribution in [3.05, 3.63) is 48.3 Å². The molecule has 0 atom stereocenters. The Kier molecular flexibility index (Phi) is 3.30. The van der Waals surface area contributed by atoms with Crippen molar-refractivity contribution < 1.29 is 8.78 Å². The first-order chi connectivity index (χ1) is 9.70. The van der Waals surface area contributed by atoms with Gasteiger partial charge in [0.25, 0.3) is 0 Å². The molecule has 4 nitrogen and oxygen atoms in total. The number of hydrogen-bond acceptors (Lipinski definition) is 4. The van der Waals surface area contributed by atoms with E-state index in [1.165, 1.54) is 18.3 Å². The van der Waals surface area contributed by atoms with E-state index in [0.29, 0.717) is 18.2 Å². The van der Waals surface area contributed by atoms with Crippen molar-refractivity contribution in [2.75, 3.05) is 11.9 Å². The van der Waals surface area contributed by atoms with Gasteiger partial charge in [0, 0.05) is 30.6 Å². The van der Waals surface area contributed by atoms with Crippen molar-refractivity contribution in [2.24, 2.45) is 0 Å². The van der Waals surface area contributed by atoms with Crippen LogP contribution >= 0.6 is 0 Å². The lowest BCUT2D eigenvalue weighted by molar-refractivity contribution is 0.0963. The third kappa shape index (κ3) is 2.33. The van der Waals surface area contributed by atoms with Crippen LogP contribution in [0.3, 0.4) is 0 Å². The molecule has 0 amide bonds. The van der Waals surface area contributed by atoms with Crippen LogP contribution in [-0.4, -0.2) is 27.7 Å². The highest BCUT2D eigenvalue weighted by atomic mass is 19.1. The summed E-state index contributed by atoms with van der Waals surface area (Å²) in [6.07, 6.45) is 4.38. The molecule has 3 rings (SSSR count). The van der Waals surface area contributed by atoms with E-state index in [1.54, 1.807) is 18.5 Å². The Hall–Kier alpha value is -2.11. The zero-order valence-electron chi connectivity index (χ0n) is 10.8. The molecule has 104 valence electrons. The molecule has 1 aliphatic carbocycles. The highest BCUT2D eigenvalue weighted by Gasteiger charge is 2.48. The van der Waals surface area contributed by atoms with Crippen molar-refractivity contribution in [1.29, 1.82) is 0 Å².